The van der Waals surface area contributed by atoms with E-state index in [1.165, 1.54) is 0 Å². The lowest BCUT2D eigenvalue weighted by Gasteiger charge is -2.10. The van der Waals surface area contributed by atoms with Crippen molar-refractivity contribution in [2.24, 2.45) is 5.92 Å². The molecule has 1 unspecified atom stereocenters. The first-order chi connectivity index (χ1) is 10.0. The molecule has 0 bridgehead atoms. The highest BCUT2D eigenvalue weighted by molar-refractivity contribution is 6.15. The van der Waals surface area contributed by atoms with E-state index in [0.717, 1.165) is 5.56 Å². The van der Waals surface area contributed by atoms with E-state index in [9.17, 15) is 9.59 Å². The molecule has 108 valence electrons. The van der Waals surface area contributed by atoms with Crippen LogP contribution in [-0.2, 0) is 0 Å². The molecule has 0 aliphatic heterocycles. The largest absolute Gasteiger partial charge is 0.497 e. The summed E-state index contributed by atoms with van der Waals surface area (Å²) in [4.78, 5) is 24.7. The van der Waals surface area contributed by atoms with E-state index in [2.05, 4.69) is 0 Å². The third kappa shape index (κ3) is 3.37. The fraction of sp³-hybridized carbons (Fsp3) is 0.222. The molecule has 0 radical (unpaired) electrons. The molecular formula is C18H18O3. The first-order valence-corrected chi connectivity index (χ1v) is 6.82. The number of Topliss-reactive ketones (excluding diaryl/α,β-unsaturated/α-hetero) is 2. The van der Waals surface area contributed by atoms with Crippen molar-refractivity contribution in [2.45, 2.75) is 13.8 Å². The Kier molecular flexibility index (Phi) is 4.53. The summed E-state index contributed by atoms with van der Waals surface area (Å²) in [5.74, 6) is -0.343. The lowest BCUT2D eigenvalue weighted by molar-refractivity contribution is 0.0821. The zero-order valence-electron chi connectivity index (χ0n) is 12.4. The standard InChI is InChI=1S/C18H18O3/c1-12-4-6-14(7-5-12)17(19)13(2)18(20)15-8-10-16(21-3)11-9-15/h4-11,13H,1-3H3. The van der Waals surface area contributed by atoms with Crippen LogP contribution < -0.4 is 4.74 Å². The molecule has 0 N–H and O–H groups in total. The topological polar surface area (TPSA) is 43.4 Å². The molecule has 0 saturated heterocycles. The van der Waals surface area contributed by atoms with E-state index < -0.39 is 5.92 Å². The average Bonchev–Trinajstić information content (AvgIpc) is 2.53. The van der Waals surface area contributed by atoms with Crippen molar-refractivity contribution in [1.82, 2.24) is 0 Å². The second-order valence-electron chi connectivity index (χ2n) is 5.04. The van der Waals surface area contributed by atoms with Crippen LogP contribution in [0.15, 0.2) is 48.5 Å². The SMILES string of the molecule is COc1ccc(C(=O)C(C)C(=O)c2ccc(C)cc2)cc1. The Morgan fingerprint density at radius 1 is 0.857 bits per heavy atom. The van der Waals surface area contributed by atoms with Crippen molar-refractivity contribution in [2.75, 3.05) is 7.11 Å². The molecule has 0 aliphatic carbocycles. The van der Waals surface area contributed by atoms with Crippen LogP contribution in [0.2, 0.25) is 0 Å². The zero-order chi connectivity index (χ0) is 15.4. The number of ether oxygens (including phenoxy) is 1. The summed E-state index contributed by atoms with van der Waals surface area (Å²) in [5.41, 5.74) is 2.17. The Bertz CT molecular complexity index is 639. The third-order valence-corrected chi connectivity index (χ3v) is 3.50. The Labute approximate surface area is 124 Å². The molecule has 0 saturated carbocycles. The Morgan fingerprint density at radius 2 is 1.29 bits per heavy atom. The number of ketones is 2. The minimum absolute atomic E-state index is 0.157. The van der Waals surface area contributed by atoms with Crippen LogP contribution in [-0.4, -0.2) is 18.7 Å². The van der Waals surface area contributed by atoms with E-state index in [-0.39, 0.29) is 11.6 Å². The highest BCUT2D eigenvalue weighted by Gasteiger charge is 2.23. The molecule has 2 aromatic rings. The van der Waals surface area contributed by atoms with Gasteiger partial charge < -0.3 is 4.74 Å². The molecule has 3 heteroatoms. The number of rotatable bonds is 5. The number of methoxy groups -OCH3 is 1. The predicted octanol–water partition coefficient (Wildman–Crippen LogP) is 3.71. The van der Waals surface area contributed by atoms with Crippen molar-refractivity contribution < 1.29 is 14.3 Å². The highest BCUT2D eigenvalue weighted by Crippen LogP contribution is 2.18. The van der Waals surface area contributed by atoms with E-state index in [0.29, 0.717) is 16.9 Å². The second-order valence-corrected chi connectivity index (χ2v) is 5.04. The van der Waals surface area contributed by atoms with E-state index in [1.54, 1.807) is 50.4 Å². The number of hydrogen-bond acceptors (Lipinski definition) is 3. The summed E-state index contributed by atoms with van der Waals surface area (Å²) in [6.07, 6.45) is 0. The Morgan fingerprint density at radius 3 is 1.71 bits per heavy atom. The number of aryl methyl sites for hydroxylation is 1. The van der Waals surface area contributed by atoms with Gasteiger partial charge in [0.1, 0.15) is 5.75 Å². The second kappa shape index (κ2) is 6.35. The van der Waals surface area contributed by atoms with Gasteiger partial charge in [-0.2, -0.15) is 0 Å². The lowest BCUT2D eigenvalue weighted by Crippen LogP contribution is -2.21. The average molecular weight is 282 g/mol. The Hall–Kier alpha value is -2.42. The quantitative estimate of drug-likeness (QED) is 0.620. The molecule has 0 spiro atoms. The van der Waals surface area contributed by atoms with Crippen LogP contribution in [0.4, 0.5) is 0 Å². The fourth-order valence-corrected chi connectivity index (χ4v) is 2.09. The molecule has 0 aliphatic rings. The first-order valence-electron chi connectivity index (χ1n) is 6.82. The highest BCUT2D eigenvalue weighted by atomic mass is 16.5. The van der Waals surface area contributed by atoms with E-state index in [4.69, 9.17) is 4.74 Å². The van der Waals surface area contributed by atoms with Crippen molar-refractivity contribution in [3.05, 3.63) is 65.2 Å². The summed E-state index contributed by atoms with van der Waals surface area (Å²) >= 11 is 0. The van der Waals surface area contributed by atoms with Crippen LogP contribution in [0, 0.1) is 12.8 Å². The van der Waals surface area contributed by atoms with Gasteiger partial charge >= 0.3 is 0 Å². The summed E-state index contributed by atoms with van der Waals surface area (Å²) in [5, 5.41) is 0. The monoisotopic (exact) mass is 282 g/mol. The predicted molar refractivity (Wildman–Crippen MR) is 82.0 cm³/mol. The number of benzene rings is 2. The van der Waals surface area contributed by atoms with E-state index in [1.807, 2.05) is 19.1 Å². The molecular weight excluding hydrogens is 264 g/mol. The number of carbonyl (C=O) groups is 2. The maximum atomic E-state index is 12.4. The molecule has 2 aromatic carbocycles. The molecule has 3 nitrogen and oxygen atoms in total. The van der Waals surface area contributed by atoms with E-state index >= 15 is 0 Å². The molecule has 0 amide bonds. The minimum atomic E-state index is -0.693. The molecule has 0 aromatic heterocycles. The maximum absolute atomic E-state index is 12.4. The summed E-state index contributed by atoms with van der Waals surface area (Å²) < 4.78 is 5.06. The van der Waals surface area contributed by atoms with Gasteiger partial charge in [-0.1, -0.05) is 29.8 Å². The molecule has 0 heterocycles. The van der Waals surface area contributed by atoms with Gasteiger partial charge in [0, 0.05) is 11.1 Å². The van der Waals surface area contributed by atoms with Crippen molar-refractivity contribution in [3.63, 3.8) is 0 Å². The molecule has 0 fully saturated rings. The third-order valence-electron chi connectivity index (χ3n) is 3.50. The zero-order valence-corrected chi connectivity index (χ0v) is 12.4. The molecule has 21 heavy (non-hydrogen) atoms. The maximum Gasteiger partial charge on any atom is 0.173 e. The van der Waals surface area contributed by atoms with Crippen molar-refractivity contribution in [1.29, 1.82) is 0 Å². The first kappa shape index (κ1) is 15.0. The van der Waals surface area contributed by atoms with Crippen LogP contribution in [0.3, 0.4) is 0 Å². The Balaban J connectivity index is 2.17. The van der Waals surface area contributed by atoms with Gasteiger partial charge in [-0.3, -0.25) is 9.59 Å². The van der Waals surface area contributed by atoms with Gasteiger partial charge in [0.15, 0.2) is 11.6 Å². The smallest absolute Gasteiger partial charge is 0.173 e. The van der Waals surface area contributed by atoms with Crippen LogP contribution in [0.1, 0.15) is 33.2 Å². The minimum Gasteiger partial charge on any atom is -0.497 e. The van der Waals surface area contributed by atoms with Gasteiger partial charge in [-0.05, 0) is 38.1 Å². The van der Waals surface area contributed by atoms with Gasteiger partial charge in [0.05, 0.1) is 13.0 Å². The van der Waals surface area contributed by atoms with Crippen molar-refractivity contribution in [3.8, 4) is 5.75 Å². The number of carbonyl (C=O) groups excluding carboxylic acids is 2. The van der Waals surface area contributed by atoms with Gasteiger partial charge in [0.25, 0.3) is 0 Å². The van der Waals surface area contributed by atoms with Crippen LogP contribution in [0.5, 0.6) is 5.75 Å². The van der Waals surface area contributed by atoms with Crippen LogP contribution in [0.25, 0.3) is 0 Å². The molecule has 1 atom stereocenters. The van der Waals surface area contributed by atoms with Gasteiger partial charge in [0.2, 0.25) is 0 Å². The van der Waals surface area contributed by atoms with Gasteiger partial charge in [-0.25, -0.2) is 0 Å². The molecule has 2 rings (SSSR count). The van der Waals surface area contributed by atoms with Crippen molar-refractivity contribution >= 4 is 11.6 Å². The lowest BCUT2D eigenvalue weighted by atomic mass is 9.91. The van der Waals surface area contributed by atoms with Gasteiger partial charge in [-0.15, -0.1) is 0 Å². The van der Waals surface area contributed by atoms with Crippen LogP contribution >= 0.6 is 0 Å². The summed E-state index contributed by atoms with van der Waals surface area (Å²) in [7, 11) is 1.57. The normalized spacial score (nSPS) is 11.8. The summed E-state index contributed by atoms with van der Waals surface area (Å²) in [6, 6.07) is 14.1. The summed E-state index contributed by atoms with van der Waals surface area (Å²) in [6.45, 7) is 3.61. The fourth-order valence-electron chi connectivity index (χ4n) is 2.09. The number of hydrogen-bond donors (Lipinski definition) is 0.